The molecular weight excluding hydrogens is 244 g/mol. The maximum Gasteiger partial charge on any atom is 0.332 e. The van der Waals surface area contributed by atoms with Crippen molar-refractivity contribution in [3.8, 4) is 11.8 Å². The van der Waals surface area contributed by atoms with Crippen molar-refractivity contribution in [2.24, 2.45) is 7.05 Å². The van der Waals surface area contributed by atoms with Crippen LogP contribution in [0.3, 0.4) is 0 Å². The highest BCUT2D eigenvalue weighted by Crippen LogP contribution is 2.10. The Bertz CT molecular complexity index is 616. The molecule has 0 aromatic carbocycles. The van der Waals surface area contributed by atoms with Gasteiger partial charge in [0.25, 0.3) is 5.56 Å². The predicted molar refractivity (Wildman–Crippen MR) is 77.2 cm³/mol. The van der Waals surface area contributed by atoms with Crippen LogP contribution in [-0.2, 0) is 13.6 Å². The monoisotopic (exact) mass is 264 g/mol. The zero-order chi connectivity index (χ0) is 14.4. The van der Waals surface area contributed by atoms with E-state index in [2.05, 4.69) is 17.2 Å². The van der Waals surface area contributed by atoms with Gasteiger partial charge < -0.3 is 11.1 Å². The van der Waals surface area contributed by atoms with E-state index in [-0.39, 0.29) is 17.2 Å². The van der Waals surface area contributed by atoms with Gasteiger partial charge in [0.2, 0.25) is 0 Å². The van der Waals surface area contributed by atoms with Gasteiger partial charge >= 0.3 is 5.69 Å². The molecule has 0 saturated carbocycles. The van der Waals surface area contributed by atoms with E-state index in [0.29, 0.717) is 19.5 Å². The summed E-state index contributed by atoms with van der Waals surface area (Å²) in [6.07, 6.45) is 1.38. The molecule has 0 fully saturated rings. The Morgan fingerprint density at radius 2 is 2.05 bits per heavy atom. The molecule has 0 aliphatic rings. The number of anilines is 2. The van der Waals surface area contributed by atoms with Gasteiger partial charge in [0.15, 0.2) is 0 Å². The summed E-state index contributed by atoms with van der Waals surface area (Å²) in [5.74, 6) is 5.86. The molecule has 1 aromatic rings. The van der Waals surface area contributed by atoms with E-state index in [1.165, 1.54) is 11.6 Å². The Morgan fingerprint density at radius 3 is 2.63 bits per heavy atom. The van der Waals surface area contributed by atoms with Crippen LogP contribution in [0.2, 0.25) is 0 Å². The number of hydrogen-bond donors (Lipinski definition) is 2. The predicted octanol–water partition coefficient (Wildman–Crippen LogP) is 0.365. The molecule has 0 spiro atoms. The number of nitrogens with two attached hydrogens (primary N) is 1. The smallest absolute Gasteiger partial charge is 0.332 e. The molecule has 0 saturated heterocycles. The molecule has 0 aliphatic heterocycles. The van der Waals surface area contributed by atoms with Crippen molar-refractivity contribution in [1.29, 1.82) is 0 Å². The van der Waals surface area contributed by atoms with E-state index < -0.39 is 5.56 Å². The lowest BCUT2D eigenvalue weighted by atomic mass is 10.3. The van der Waals surface area contributed by atoms with Gasteiger partial charge in [0.05, 0.1) is 0 Å². The molecule has 1 aromatic heterocycles. The van der Waals surface area contributed by atoms with Crippen LogP contribution in [0.15, 0.2) is 9.59 Å². The molecule has 6 heteroatoms. The van der Waals surface area contributed by atoms with Gasteiger partial charge in [-0.05, 0) is 13.3 Å². The molecule has 0 unspecified atom stereocenters. The molecule has 0 atom stereocenters. The van der Waals surface area contributed by atoms with E-state index >= 15 is 0 Å². The van der Waals surface area contributed by atoms with Crippen molar-refractivity contribution in [2.75, 3.05) is 17.6 Å². The second kappa shape index (κ2) is 6.69. The maximum absolute atomic E-state index is 12.0. The molecule has 6 nitrogen and oxygen atoms in total. The van der Waals surface area contributed by atoms with E-state index in [4.69, 9.17) is 5.73 Å². The lowest BCUT2D eigenvalue weighted by molar-refractivity contribution is 0.600. The van der Waals surface area contributed by atoms with E-state index in [1.54, 1.807) is 6.92 Å². The normalized spacial score (nSPS) is 9.84. The molecule has 19 heavy (non-hydrogen) atoms. The van der Waals surface area contributed by atoms with Crippen LogP contribution < -0.4 is 22.3 Å². The SMILES string of the molecule is CC#CCCNc1c(N)n(CCC)c(=O)n(C)c1=O. The quantitative estimate of drug-likeness (QED) is 0.594. The fourth-order valence-electron chi connectivity index (χ4n) is 1.76. The van der Waals surface area contributed by atoms with Crippen molar-refractivity contribution in [3.63, 3.8) is 0 Å². The molecule has 104 valence electrons. The van der Waals surface area contributed by atoms with Crippen LogP contribution in [0, 0.1) is 11.8 Å². The first-order valence-electron chi connectivity index (χ1n) is 6.27. The topological polar surface area (TPSA) is 82.0 Å². The largest absolute Gasteiger partial charge is 0.383 e. The Labute approximate surface area is 112 Å². The number of nitrogens with one attached hydrogen (secondary N) is 1. The summed E-state index contributed by atoms with van der Waals surface area (Å²) in [4.78, 5) is 23.9. The molecule has 0 radical (unpaired) electrons. The first-order valence-corrected chi connectivity index (χ1v) is 6.27. The highest BCUT2D eigenvalue weighted by Gasteiger charge is 2.13. The molecule has 0 amide bonds. The van der Waals surface area contributed by atoms with E-state index in [9.17, 15) is 9.59 Å². The van der Waals surface area contributed by atoms with Gasteiger partial charge in [-0.1, -0.05) is 6.92 Å². The van der Waals surface area contributed by atoms with Crippen LogP contribution in [-0.4, -0.2) is 15.7 Å². The van der Waals surface area contributed by atoms with Crippen LogP contribution in [0.1, 0.15) is 26.7 Å². The van der Waals surface area contributed by atoms with Gasteiger partial charge in [0.1, 0.15) is 11.5 Å². The van der Waals surface area contributed by atoms with E-state index in [0.717, 1.165) is 11.0 Å². The molecule has 3 N–H and O–H groups in total. The van der Waals surface area contributed by atoms with Crippen LogP contribution >= 0.6 is 0 Å². The van der Waals surface area contributed by atoms with Crippen molar-refractivity contribution in [2.45, 2.75) is 33.2 Å². The molecule has 0 bridgehead atoms. The Hall–Kier alpha value is -2.16. The molecule has 0 aliphatic carbocycles. The Kier molecular flexibility index (Phi) is 5.24. The molecule has 1 rings (SSSR count). The fourth-order valence-corrected chi connectivity index (χ4v) is 1.76. The van der Waals surface area contributed by atoms with Gasteiger partial charge in [-0.15, -0.1) is 11.8 Å². The van der Waals surface area contributed by atoms with Gasteiger partial charge in [-0.3, -0.25) is 13.9 Å². The van der Waals surface area contributed by atoms with Crippen molar-refractivity contribution in [3.05, 3.63) is 20.8 Å². The fraction of sp³-hybridized carbons (Fsp3) is 0.538. The van der Waals surface area contributed by atoms with Crippen molar-refractivity contribution < 1.29 is 0 Å². The summed E-state index contributed by atoms with van der Waals surface area (Å²) >= 11 is 0. The zero-order valence-corrected chi connectivity index (χ0v) is 11.6. The van der Waals surface area contributed by atoms with Crippen LogP contribution in [0.5, 0.6) is 0 Å². The van der Waals surface area contributed by atoms with Crippen molar-refractivity contribution in [1.82, 2.24) is 9.13 Å². The lowest BCUT2D eigenvalue weighted by Crippen LogP contribution is -2.40. The second-order valence-corrected chi connectivity index (χ2v) is 4.16. The number of nitrogens with zero attached hydrogens (tertiary/aromatic N) is 2. The molecular formula is C13H20N4O2. The summed E-state index contributed by atoms with van der Waals surface area (Å²) in [5.41, 5.74) is 5.39. The number of aromatic nitrogens is 2. The highest BCUT2D eigenvalue weighted by molar-refractivity contribution is 5.60. The first-order chi connectivity index (χ1) is 9.04. The molecule has 1 heterocycles. The third kappa shape index (κ3) is 3.19. The second-order valence-electron chi connectivity index (χ2n) is 4.16. The highest BCUT2D eigenvalue weighted by atomic mass is 16.2. The van der Waals surface area contributed by atoms with Gasteiger partial charge in [-0.25, -0.2) is 4.79 Å². The lowest BCUT2D eigenvalue weighted by Gasteiger charge is -2.15. The van der Waals surface area contributed by atoms with Crippen molar-refractivity contribution >= 4 is 11.5 Å². The number of rotatable bonds is 5. The first kappa shape index (κ1) is 14.9. The average Bonchev–Trinajstić information content (AvgIpc) is 2.40. The van der Waals surface area contributed by atoms with Gasteiger partial charge in [0, 0.05) is 26.6 Å². The van der Waals surface area contributed by atoms with Gasteiger partial charge in [-0.2, -0.15) is 0 Å². The van der Waals surface area contributed by atoms with E-state index in [1.807, 2.05) is 6.92 Å². The summed E-state index contributed by atoms with van der Waals surface area (Å²) in [5, 5.41) is 2.96. The minimum atomic E-state index is -0.403. The number of hydrogen-bond acceptors (Lipinski definition) is 4. The third-order valence-corrected chi connectivity index (χ3v) is 2.76. The maximum atomic E-state index is 12.0. The minimum Gasteiger partial charge on any atom is -0.383 e. The van der Waals surface area contributed by atoms with Crippen LogP contribution in [0.25, 0.3) is 0 Å². The summed E-state index contributed by atoms with van der Waals surface area (Å²) < 4.78 is 2.48. The zero-order valence-electron chi connectivity index (χ0n) is 11.6. The standard InChI is InChI=1S/C13H20N4O2/c1-4-6-7-8-15-10-11(14)17(9-5-2)13(19)16(3)12(10)18/h15H,5,7-9,14H2,1-3H3. The third-order valence-electron chi connectivity index (χ3n) is 2.76. The van der Waals surface area contributed by atoms with Crippen LogP contribution in [0.4, 0.5) is 11.5 Å². The summed E-state index contributed by atoms with van der Waals surface area (Å²) in [7, 11) is 1.45. The number of nitrogen functional groups attached to an aromatic ring is 1. The Morgan fingerprint density at radius 1 is 1.37 bits per heavy atom. The average molecular weight is 264 g/mol. The summed E-state index contributed by atoms with van der Waals surface area (Å²) in [6.45, 7) is 4.71. The Balaban J connectivity index is 3.18. The summed E-state index contributed by atoms with van der Waals surface area (Å²) in [6, 6.07) is 0. The minimum absolute atomic E-state index is 0.194.